The number of anilines is 1. The van der Waals surface area contributed by atoms with Crippen molar-refractivity contribution < 1.29 is 4.79 Å². The number of fused-ring (bicyclic) bond motifs is 1. The molecular formula is C20H18N2OS. The lowest BCUT2D eigenvalue weighted by molar-refractivity contribution is 0.0667. The lowest BCUT2D eigenvalue weighted by Crippen LogP contribution is -2.42. The highest BCUT2D eigenvalue weighted by molar-refractivity contribution is 7.08. The van der Waals surface area contributed by atoms with E-state index in [0.717, 1.165) is 22.4 Å². The molecule has 4 heteroatoms. The third-order valence-electron chi connectivity index (χ3n) is 4.35. The van der Waals surface area contributed by atoms with Gasteiger partial charge in [-0.2, -0.15) is 11.3 Å². The van der Waals surface area contributed by atoms with Crippen molar-refractivity contribution in [1.82, 2.24) is 4.90 Å². The molecule has 0 bridgehead atoms. The lowest BCUT2D eigenvalue weighted by atomic mass is 10.0. The summed E-state index contributed by atoms with van der Waals surface area (Å²) in [6.45, 7) is 2.66. The Balaban J connectivity index is 1.73. The zero-order chi connectivity index (χ0) is 16.5. The smallest absolute Gasteiger partial charge is 0.258 e. The van der Waals surface area contributed by atoms with Crippen LogP contribution in [0.3, 0.4) is 0 Å². The number of hydrogen-bond acceptors (Lipinski definition) is 3. The standard InChI is InChI=1S/C20H18N2OS/c1-14-6-8-15(9-7-14)12-22-19(16-10-11-24-13-16)21-18-5-3-2-4-17(18)20(22)23/h2-11,13,19,21H,12H2,1H3. The molecule has 1 atom stereocenters. The molecule has 2 aromatic carbocycles. The molecule has 0 aliphatic carbocycles. The number of carbonyl (C=O) groups is 1. The van der Waals surface area contributed by atoms with Crippen molar-refractivity contribution in [3.63, 3.8) is 0 Å². The van der Waals surface area contributed by atoms with Crippen molar-refractivity contribution in [3.8, 4) is 0 Å². The van der Waals surface area contributed by atoms with Gasteiger partial charge in [0, 0.05) is 17.8 Å². The molecule has 0 fully saturated rings. The van der Waals surface area contributed by atoms with Gasteiger partial charge in [-0.1, -0.05) is 42.0 Å². The number of nitrogens with one attached hydrogen (secondary N) is 1. The van der Waals surface area contributed by atoms with Gasteiger partial charge in [0.15, 0.2) is 0 Å². The molecule has 1 aliphatic heterocycles. The van der Waals surface area contributed by atoms with Crippen LogP contribution in [0.25, 0.3) is 0 Å². The summed E-state index contributed by atoms with van der Waals surface area (Å²) in [6.07, 6.45) is -0.139. The van der Waals surface area contributed by atoms with E-state index in [0.29, 0.717) is 6.54 Å². The molecule has 0 saturated carbocycles. The number of nitrogens with zero attached hydrogens (tertiary/aromatic N) is 1. The van der Waals surface area contributed by atoms with Gasteiger partial charge in [-0.15, -0.1) is 0 Å². The summed E-state index contributed by atoms with van der Waals surface area (Å²) in [4.78, 5) is 15.0. The Labute approximate surface area is 145 Å². The molecule has 1 N–H and O–H groups in total. The molecule has 1 amide bonds. The van der Waals surface area contributed by atoms with Crippen molar-refractivity contribution in [3.05, 3.63) is 87.6 Å². The van der Waals surface area contributed by atoms with Gasteiger partial charge >= 0.3 is 0 Å². The van der Waals surface area contributed by atoms with Crippen LogP contribution in [-0.2, 0) is 6.54 Å². The zero-order valence-corrected chi connectivity index (χ0v) is 14.2. The number of thiophene rings is 1. The van der Waals surface area contributed by atoms with E-state index in [4.69, 9.17) is 0 Å². The van der Waals surface area contributed by atoms with Crippen LogP contribution < -0.4 is 5.32 Å². The van der Waals surface area contributed by atoms with E-state index in [1.54, 1.807) is 11.3 Å². The molecule has 0 radical (unpaired) electrons. The second-order valence-electron chi connectivity index (χ2n) is 6.07. The summed E-state index contributed by atoms with van der Waals surface area (Å²) >= 11 is 1.65. The minimum atomic E-state index is -0.139. The van der Waals surface area contributed by atoms with Crippen LogP contribution in [0.15, 0.2) is 65.4 Å². The fourth-order valence-corrected chi connectivity index (χ4v) is 3.72. The molecule has 4 rings (SSSR count). The summed E-state index contributed by atoms with van der Waals surface area (Å²) in [5, 5.41) is 7.67. The van der Waals surface area contributed by atoms with Gasteiger partial charge in [0.25, 0.3) is 5.91 Å². The number of rotatable bonds is 3. The Kier molecular flexibility index (Phi) is 3.82. The third kappa shape index (κ3) is 2.69. The Hall–Kier alpha value is -2.59. The maximum Gasteiger partial charge on any atom is 0.258 e. The average molecular weight is 334 g/mol. The van der Waals surface area contributed by atoms with Gasteiger partial charge < -0.3 is 10.2 Å². The number of benzene rings is 2. The molecule has 1 unspecified atom stereocenters. The maximum absolute atomic E-state index is 13.1. The average Bonchev–Trinajstić information content (AvgIpc) is 3.13. The van der Waals surface area contributed by atoms with Crippen molar-refractivity contribution in [2.75, 3.05) is 5.32 Å². The maximum atomic E-state index is 13.1. The second kappa shape index (κ2) is 6.13. The van der Waals surface area contributed by atoms with E-state index in [-0.39, 0.29) is 12.1 Å². The monoisotopic (exact) mass is 334 g/mol. The van der Waals surface area contributed by atoms with Crippen molar-refractivity contribution in [1.29, 1.82) is 0 Å². The van der Waals surface area contributed by atoms with E-state index < -0.39 is 0 Å². The highest BCUT2D eigenvalue weighted by atomic mass is 32.1. The predicted molar refractivity (Wildman–Crippen MR) is 98.2 cm³/mol. The first-order chi connectivity index (χ1) is 11.7. The molecule has 120 valence electrons. The number of hydrogen-bond donors (Lipinski definition) is 1. The first-order valence-electron chi connectivity index (χ1n) is 7.96. The van der Waals surface area contributed by atoms with Crippen molar-refractivity contribution in [2.45, 2.75) is 19.6 Å². The summed E-state index contributed by atoms with van der Waals surface area (Å²) in [5.74, 6) is 0.0705. The molecule has 24 heavy (non-hydrogen) atoms. The van der Waals surface area contributed by atoms with Gasteiger partial charge in [-0.25, -0.2) is 0 Å². The number of carbonyl (C=O) groups excluding carboxylic acids is 1. The normalized spacial score (nSPS) is 16.6. The van der Waals surface area contributed by atoms with Crippen LogP contribution in [-0.4, -0.2) is 10.8 Å². The molecular weight excluding hydrogens is 316 g/mol. The number of para-hydroxylation sites is 1. The molecule has 2 heterocycles. The predicted octanol–water partition coefficient (Wildman–Crippen LogP) is 4.82. The second-order valence-corrected chi connectivity index (χ2v) is 6.85. The fraction of sp³-hybridized carbons (Fsp3) is 0.150. The molecule has 0 spiro atoms. The van der Waals surface area contributed by atoms with Crippen LogP contribution >= 0.6 is 11.3 Å². The van der Waals surface area contributed by atoms with Crippen molar-refractivity contribution in [2.24, 2.45) is 0 Å². The summed E-state index contributed by atoms with van der Waals surface area (Å²) in [6, 6.07) is 18.2. The minimum Gasteiger partial charge on any atom is -0.361 e. The summed E-state index contributed by atoms with van der Waals surface area (Å²) < 4.78 is 0. The van der Waals surface area contributed by atoms with Gasteiger partial charge in [0.1, 0.15) is 6.17 Å². The fourth-order valence-electron chi connectivity index (χ4n) is 3.04. The number of aryl methyl sites for hydroxylation is 1. The zero-order valence-electron chi connectivity index (χ0n) is 13.4. The van der Waals surface area contributed by atoms with Gasteiger partial charge in [-0.05, 0) is 41.4 Å². The topological polar surface area (TPSA) is 32.3 Å². The van der Waals surface area contributed by atoms with Crippen molar-refractivity contribution >= 4 is 22.9 Å². The molecule has 1 aliphatic rings. The van der Waals surface area contributed by atoms with E-state index in [9.17, 15) is 4.79 Å². The molecule has 1 aromatic heterocycles. The highest BCUT2D eigenvalue weighted by Crippen LogP contribution is 2.34. The van der Waals surface area contributed by atoms with Crippen LogP contribution in [0.5, 0.6) is 0 Å². The Bertz CT molecular complexity index is 856. The van der Waals surface area contributed by atoms with Gasteiger partial charge in [0.05, 0.1) is 5.56 Å². The Morgan fingerprint density at radius 1 is 1.08 bits per heavy atom. The van der Waals surface area contributed by atoms with Crippen LogP contribution in [0.1, 0.15) is 33.2 Å². The van der Waals surface area contributed by atoms with Gasteiger partial charge in [-0.3, -0.25) is 4.79 Å². The first kappa shape index (κ1) is 15.0. The largest absolute Gasteiger partial charge is 0.361 e. The van der Waals surface area contributed by atoms with E-state index >= 15 is 0 Å². The summed E-state index contributed by atoms with van der Waals surface area (Å²) in [7, 11) is 0. The van der Waals surface area contributed by atoms with Crippen LogP contribution in [0.4, 0.5) is 5.69 Å². The molecule has 3 aromatic rings. The van der Waals surface area contributed by atoms with Gasteiger partial charge in [0.2, 0.25) is 0 Å². The lowest BCUT2D eigenvalue weighted by Gasteiger charge is -2.37. The highest BCUT2D eigenvalue weighted by Gasteiger charge is 2.32. The third-order valence-corrected chi connectivity index (χ3v) is 5.06. The Morgan fingerprint density at radius 2 is 1.88 bits per heavy atom. The van der Waals surface area contributed by atoms with Crippen LogP contribution in [0.2, 0.25) is 0 Å². The van der Waals surface area contributed by atoms with E-state index in [2.05, 4.69) is 48.0 Å². The first-order valence-corrected chi connectivity index (χ1v) is 8.91. The van der Waals surface area contributed by atoms with E-state index in [1.165, 1.54) is 5.56 Å². The minimum absolute atomic E-state index is 0.0705. The molecule has 3 nitrogen and oxygen atoms in total. The SMILES string of the molecule is Cc1ccc(CN2C(=O)c3ccccc3NC2c2ccsc2)cc1. The quantitative estimate of drug-likeness (QED) is 0.744. The van der Waals surface area contributed by atoms with E-state index in [1.807, 2.05) is 34.5 Å². The number of amides is 1. The Morgan fingerprint density at radius 3 is 2.62 bits per heavy atom. The summed E-state index contributed by atoms with van der Waals surface area (Å²) in [5.41, 5.74) is 5.11. The molecule has 0 saturated heterocycles. The van der Waals surface area contributed by atoms with Crippen LogP contribution in [0, 0.1) is 6.92 Å².